The summed E-state index contributed by atoms with van der Waals surface area (Å²) in [6.07, 6.45) is 0.958. The smallest absolute Gasteiger partial charge is 0.267 e. The molecule has 2 rings (SSSR count). The molecule has 0 aliphatic carbocycles. The molecule has 1 aromatic carbocycles. The van der Waals surface area contributed by atoms with Crippen LogP contribution in [-0.4, -0.2) is 42.0 Å². The number of halogens is 1. The van der Waals surface area contributed by atoms with Gasteiger partial charge in [-0.05, 0) is 50.3 Å². The molecule has 1 aromatic heterocycles. The summed E-state index contributed by atoms with van der Waals surface area (Å²) in [6.45, 7) is 8.09. The largest absolute Gasteiger partial charge is 0.351 e. The van der Waals surface area contributed by atoms with E-state index in [1.165, 1.54) is 0 Å². The second-order valence-corrected chi connectivity index (χ2v) is 5.49. The zero-order chi connectivity index (χ0) is 15.2. The van der Waals surface area contributed by atoms with Crippen molar-refractivity contribution in [3.63, 3.8) is 0 Å². The van der Waals surface area contributed by atoms with Crippen molar-refractivity contribution in [1.29, 1.82) is 0 Å². The summed E-state index contributed by atoms with van der Waals surface area (Å²) in [4.78, 5) is 17.6. The number of hydrogen-bond donors (Lipinski definition) is 2. The number of carbonyl (C=O) groups excluding carboxylic acids is 1. The van der Waals surface area contributed by atoms with Gasteiger partial charge in [-0.1, -0.05) is 25.4 Å². The molecule has 2 aromatic rings. The van der Waals surface area contributed by atoms with E-state index in [0.29, 0.717) is 17.3 Å². The standard InChI is InChI=1S/C16H22ClN3O/c1-3-20(4-2)9-5-8-18-16(21)15-11-12-10-13(17)6-7-14(12)19-15/h6-7,10-11,19H,3-5,8-9H2,1-2H3,(H,18,21). The maximum absolute atomic E-state index is 12.1. The molecule has 0 unspecified atom stereocenters. The van der Waals surface area contributed by atoms with E-state index in [0.717, 1.165) is 37.0 Å². The summed E-state index contributed by atoms with van der Waals surface area (Å²) in [5.41, 5.74) is 1.50. The maximum atomic E-state index is 12.1. The summed E-state index contributed by atoms with van der Waals surface area (Å²) in [6, 6.07) is 7.38. The van der Waals surface area contributed by atoms with Crippen LogP contribution in [0.25, 0.3) is 10.9 Å². The van der Waals surface area contributed by atoms with E-state index >= 15 is 0 Å². The number of H-pyrrole nitrogens is 1. The number of fused-ring (bicyclic) bond motifs is 1. The fourth-order valence-corrected chi connectivity index (χ4v) is 2.55. The minimum Gasteiger partial charge on any atom is -0.351 e. The van der Waals surface area contributed by atoms with Crippen LogP contribution in [0.4, 0.5) is 0 Å². The number of carbonyl (C=O) groups is 1. The van der Waals surface area contributed by atoms with E-state index < -0.39 is 0 Å². The molecule has 0 aliphatic heterocycles. The molecule has 0 fully saturated rings. The minimum atomic E-state index is -0.0677. The van der Waals surface area contributed by atoms with Gasteiger partial charge < -0.3 is 15.2 Å². The Balaban J connectivity index is 1.87. The van der Waals surface area contributed by atoms with Gasteiger partial charge >= 0.3 is 0 Å². The monoisotopic (exact) mass is 307 g/mol. The van der Waals surface area contributed by atoms with Gasteiger partial charge in [0.1, 0.15) is 5.69 Å². The van der Waals surface area contributed by atoms with Gasteiger partial charge in [-0.3, -0.25) is 4.79 Å². The van der Waals surface area contributed by atoms with Crippen molar-refractivity contribution in [3.8, 4) is 0 Å². The maximum Gasteiger partial charge on any atom is 0.267 e. The predicted octanol–water partition coefficient (Wildman–Crippen LogP) is 3.28. The van der Waals surface area contributed by atoms with Crippen molar-refractivity contribution in [2.45, 2.75) is 20.3 Å². The first kappa shape index (κ1) is 15.9. The first-order valence-corrected chi connectivity index (χ1v) is 7.80. The molecule has 0 saturated carbocycles. The molecule has 4 nitrogen and oxygen atoms in total. The van der Waals surface area contributed by atoms with E-state index in [9.17, 15) is 4.79 Å². The fourth-order valence-electron chi connectivity index (χ4n) is 2.37. The molecule has 1 amide bonds. The van der Waals surface area contributed by atoms with Crippen molar-refractivity contribution in [2.24, 2.45) is 0 Å². The van der Waals surface area contributed by atoms with Gasteiger partial charge in [-0.15, -0.1) is 0 Å². The molecular formula is C16H22ClN3O. The van der Waals surface area contributed by atoms with Crippen LogP contribution in [0.5, 0.6) is 0 Å². The van der Waals surface area contributed by atoms with Gasteiger partial charge in [0.25, 0.3) is 5.91 Å². The van der Waals surface area contributed by atoms with Gasteiger partial charge in [-0.2, -0.15) is 0 Å². The van der Waals surface area contributed by atoms with Crippen LogP contribution in [0.15, 0.2) is 24.3 Å². The summed E-state index contributed by atoms with van der Waals surface area (Å²) < 4.78 is 0. The Bertz CT molecular complexity index is 605. The molecule has 0 bridgehead atoms. The van der Waals surface area contributed by atoms with Crippen LogP contribution in [0.3, 0.4) is 0 Å². The third-order valence-corrected chi connectivity index (χ3v) is 3.89. The Labute approximate surface area is 130 Å². The molecule has 2 N–H and O–H groups in total. The number of rotatable bonds is 7. The first-order chi connectivity index (χ1) is 10.1. The second-order valence-electron chi connectivity index (χ2n) is 5.05. The lowest BCUT2D eigenvalue weighted by atomic mass is 10.2. The highest BCUT2D eigenvalue weighted by Crippen LogP contribution is 2.19. The Morgan fingerprint density at radius 3 is 2.76 bits per heavy atom. The second kappa shape index (κ2) is 7.48. The van der Waals surface area contributed by atoms with Crippen molar-refractivity contribution in [1.82, 2.24) is 15.2 Å². The van der Waals surface area contributed by atoms with E-state index in [1.807, 2.05) is 24.3 Å². The van der Waals surface area contributed by atoms with Crippen LogP contribution < -0.4 is 5.32 Å². The van der Waals surface area contributed by atoms with Gasteiger partial charge in [0.2, 0.25) is 0 Å². The highest BCUT2D eigenvalue weighted by atomic mass is 35.5. The molecule has 1 heterocycles. The average molecular weight is 308 g/mol. The highest BCUT2D eigenvalue weighted by Gasteiger charge is 2.09. The number of hydrogen-bond acceptors (Lipinski definition) is 2. The average Bonchev–Trinajstić information content (AvgIpc) is 2.90. The van der Waals surface area contributed by atoms with Crippen LogP contribution in [0, 0.1) is 0 Å². The fraction of sp³-hybridized carbons (Fsp3) is 0.438. The number of nitrogens with one attached hydrogen (secondary N) is 2. The van der Waals surface area contributed by atoms with Crippen LogP contribution in [-0.2, 0) is 0 Å². The zero-order valence-electron chi connectivity index (χ0n) is 12.6. The molecule has 114 valence electrons. The van der Waals surface area contributed by atoms with Crippen molar-refractivity contribution in [3.05, 3.63) is 35.0 Å². The Kier molecular flexibility index (Phi) is 5.65. The van der Waals surface area contributed by atoms with Crippen LogP contribution in [0.1, 0.15) is 30.8 Å². The van der Waals surface area contributed by atoms with Crippen molar-refractivity contribution in [2.75, 3.05) is 26.2 Å². The van der Waals surface area contributed by atoms with Crippen molar-refractivity contribution < 1.29 is 4.79 Å². The van der Waals surface area contributed by atoms with Gasteiger partial charge in [0.05, 0.1) is 0 Å². The van der Waals surface area contributed by atoms with Crippen LogP contribution in [0.2, 0.25) is 5.02 Å². The molecular weight excluding hydrogens is 286 g/mol. The summed E-state index contributed by atoms with van der Waals surface area (Å²) in [7, 11) is 0. The zero-order valence-corrected chi connectivity index (χ0v) is 13.3. The molecule has 0 saturated heterocycles. The number of nitrogens with zero attached hydrogens (tertiary/aromatic N) is 1. The third kappa shape index (κ3) is 4.22. The molecule has 5 heteroatoms. The minimum absolute atomic E-state index is 0.0677. The normalized spacial score (nSPS) is 11.2. The van der Waals surface area contributed by atoms with Gasteiger partial charge in [0, 0.05) is 22.5 Å². The number of aromatic amines is 1. The first-order valence-electron chi connectivity index (χ1n) is 7.42. The predicted molar refractivity (Wildman–Crippen MR) is 88.0 cm³/mol. The Morgan fingerprint density at radius 2 is 2.05 bits per heavy atom. The SMILES string of the molecule is CCN(CC)CCCNC(=O)c1cc2cc(Cl)ccc2[nH]1. The summed E-state index contributed by atoms with van der Waals surface area (Å²) in [5.74, 6) is -0.0677. The lowest BCUT2D eigenvalue weighted by molar-refractivity contribution is 0.0947. The lowest BCUT2D eigenvalue weighted by Crippen LogP contribution is -2.30. The van der Waals surface area contributed by atoms with Crippen molar-refractivity contribution >= 4 is 28.4 Å². The molecule has 21 heavy (non-hydrogen) atoms. The molecule has 0 aliphatic rings. The molecule has 0 spiro atoms. The Morgan fingerprint density at radius 1 is 1.29 bits per heavy atom. The summed E-state index contributed by atoms with van der Waals surface area (Å²) >= 11 is 5.95. The van der Waals surface area contributed by atoms with E-state index in [1.54, 1.807) is 0 Å². The number of amides is 1. The summed E-state index contributed by atoms with van der Waals surface area (Å²) in [5, 5.41) is 4.58. The molecule has 0 radical (unpaired) electrons. The molecule has 0 atom stereocenters. The van der Waals surface area contributed by atoms with Gasteiger partial charge in [-0.25, -0.2) is 0 Å². The van der Waals surface area contributed by atoms with E-state index in [-0.39, 0.29) is 5.91 Å². The lowest BCUT2D eigenvalue weighted by Gasteiger charge is -2.17. The quantitative estimate of drug-likeness (QED) is 0.771. The Hall–Kier alpha value is -1.52. The van der Waals surface area contributed by atoms with Gasteiger partial charge in [0.15, 0.2) is 0 Å². The third-order valence-electron chi connectivity index (χ3n) is 3.66. The number of benzene rings is 1. The van der Waals surface area contributed by atoms with E-state index in [2.05, 4.69) is 29.0 Å². The number of aromatic nitrogens is 1. The van der Waals surface area contributed by atoms with Crippen LogP contribution >= 0.6 is 11.6 Å². The van der Waals surface area contributed by atoms with E-state index in [4.69, 9.17) is 11.6 Å². The highest BCUT2D eigenvalue weighted by molar-refractivity contribution is 6.31. The topological polar surface area (TPSA) is 48.1 Å².